The van der Waals surface area contributed by atoms with Crippen molar-refractivity contribution in [1.82, 2.24) is 4.90 Å². The van der Waals surface area contributed by atoms with Crippen molar-refractivity contribution < 1.29 is 14.6 Å². The number of methoxy groups -OCH3 is 1. The standard InChI is InChI=1S/C10H21NO3/c1-4-5-9(2)11(6-7-14-3)8-10(12)13/h9H,4-8H2,1-3H3,(H,12,13). The summed E-state index contributed by atoms with van der Waals surface area (Å²) in [6, 6.07) is 0.311. The highest BCUT2D eigenvalue weighted by atomic mass is 16.5. The lowest BCUT2D eigenvalue weighted by molar-refractivity contribution is -0.139. The molecular weight excluding hydrogens is 182 g/mol. The van der Waals surface area contributed by atoms with Crippen molar-refractivity contribution in [3.63, 3.8) is 0 Å². The number of aliphatic carboxylic acids is 1. The monoisotopic (exact) mass is 203 g/mol. The molecule has 1 N–H and O–H groups in total. The van der Waals surface area contributed by atoms with Crippen molar-refractivity contribution in [1.29, 1.82) is 0 Å². The second-order valence-corrected chi connectivity index (χ2v) is 3.49. The van der Waals surface area contributed by atoms with Crippen molar-refractivity contribution in [2.45, 2.75) is 32.7 Å². The average Bonchev–Trinajstić information content (AvgIpc) is 2.12. The van der Waals surface area contributed by atoms with Gasteiger partial charge in [-0.15, -0.1) is 0 Å². The summed E-state index contributed by atoms with van der Waals surface area (Å²) in [6.45, 7) is 5.53. The van der Waals surface area contributed by atoms with E-state index in [0.29, 0.717) is 19.2 Å². The molecule has 4 nitrogen and oxygen atoms in total. The molecule has 4 heteroatoms. The highest BCUT2D eigenvalue weighted by Crippen LogP contribution is 2.05. The predicted octanol–water partition coefficient (Wildman–Crippen LogP) is 1.21. The third-order valence-electron chi connectivity index (χ3n) is 2.25. The molecule has 14 heavy (non-hydrogen) atoms. The SMILES string of the molecule is CCCC(C)N(CCOC)CC(=O)O. The Bertz CT molecular complexity index is 161. The first-order chi connectivity index (χ1) is 6.61. The van der Waals surface area contributed by atoms with E-state index in [2.05, 4.69) is 13.8 Å². The summed E-state index contributed by atoms with van der Waals surface area (Å²) < 4.78 is 4.95. The molecule has 0 rings (SSSR count). The van der Waals surface area contributed by atoms with Crippen LogP contribution in [0.25, 0.3) is 0 Å². The minimum absolute atomic E-state index is 0.102. The molecule has 0 aliphatic rings. The van der Waals surface area contributed by atoms with Crippen molar-refractivity contribution in [2.24, 2.45) is 0 Å². The van der Waals surface area contributed by atoms with E-state index >= 15 is 0 Å². The lowest BCUT2D eigenvalue weighted by Gasteiger charge is -2.26. The van der Waals surface area contributed by atoms with Crippen LogP contribution >= 0.6 is 0 Å². The zero-order chi connectivity index (χ0) is 11.0. The van der Waals surface area contributed by atoms with Crippen LogP contribution in [0.3, 0.4) is 0 Å². The smallest absolute Gasteiger partial charge is 0.317 e. The summed E-state index contributed by atoms with van der Waals surface area (Å²) in [5, 5.41) is 8.72. The van der Waals surface area contributed by atoms with Gasteiger partial charge >= 0.3 is 5.97 Å². The van der Waals surface area contributed by atoms with Gasteiger partial charge in [-0.3, -0.25) is 9.69 Å². The fourth-order valence-corrected chi connectivity index (χ4v) is 1.44. The summed E-state index contributed by atoms with van der Waals surface area (Å²) in [6.07, 6.45) is 2.10. The number of carboxylic acids is 1. The van der Waals surface area contributed by atoms with Crippen LogP contribution in [0.1, 0.15) is 26.7 Å². The molecule has 0 bridgehead atoms. The number of carbonyl (C=O) groups is 1. The molecule has 0 aromatic heterocycles. The molecule has 1 unspecified atom stereocenters. The van der Waals surface area contributed by atoms with Crippen LogP contribution in [0.15, 0.2) is 0 Å². The first-order valence-electron chi connectivity index (χ1n) is 5.06. The lowest BCUT2D eigenvalue weighted by Crippen LogP contribution is -2.39. The number of rotatable bonds is 8. The Morgan fingerprint density at radius 3 is 2.64 bits per heavy atom. The summed E-state index contributed by atoms with van der Waals surface area (Å²) in [4.78, 5) is 12.5. The molecule has 0 amide bonds. The Kier molecular flexibility index (Phi) is 7.42. The molecule has 0 saturated carbocycles. The van der Waals surface area contributed by atoms with Crippen LogP contribution in [0.2, 0.25) is 0 Å². The van der Waals surface area contributed by atoms with Crippen LogP contribution in [0, 0.1) is 0 Å². The second-order valence-electron chi connectivity index (χ2n) is 3.49. The van der Waals surface area contributed by atoms with E-state index in [1.807, 2.05) is 4.90 Å². The Hall–Kier alpha value is -0.610. The number of hydrogen-bond donors (Lipinski definition) is 1. The fraction of sp³-hybridized carbons (Fsp3) is 0.900. The Labute approximate surface area is 85.9 Å². The highest BCUT2D eigenvalue weighted by molar-refractivity contribution is 5.69. The topological polar surface area (TPSA) is 49.8 Å². The fourth-order valence-electron chi connectivity index (χ4n) is 1.44. The Balaban J connectivity index is 4.00. The maximum Gasteiger partial charge on any atom is 0.317 e. The maximum atomic E-state index is 10.6. The van der Waals surface area contributed by atoms with Gasteiger partial charge in [-0.25, -0.2) is 0 Å². The normalized spacial score (nSPS) is 13.1. The zero-order valence-corrected chi connectivity index (χ0v) is 9.32. The number of hydrogen-bond acceptors (Lipinski definition) is 3. The van der Waals surface area contributed by atoms with Gasteiger partial charge in [0, 0.05) is 19.7 Å². The van der Waals surface area contributed by atoms with Crippen LogP contribution in [-0.2, 0) is 9.53 Å². The van der Waals surface area contributed by atoms with Gasteiger partial charge in [-0.05, 0) is 13.3 Å². The van der Waals surface area contributed by atoms with E-state index in [1.54, 1.807) is 7.11 Å². The molecule has 0 aliphatic heterocycles. The summed E-state index contributed by atoms with van der Waals surface area (Å²) in [7, 11) is 1.63. The molecule has 0 aromatic carbocycles. The molecule has 0 aromatic rings. The molecule has 84 valence electrons. The minimum Gasteiger partial charge on any atom is -0.480 e. The van der Waals surface area contributed by atoms with E-state index in [9.17, 15) is 4.79 Å². The first-order valence-corrected chi connectivity index (χ1v) is 5.06. The van der Waals surface area contributed by atoms with Crippen molar-refractivity contribution in [3.05, 3.63) is 0 Å². The Morgan fingerprint density at radius 2 is 2.21 bits per heavy atom. The zero-order valence-electron chi connectivity index (χ0n) is 9.32. The van der Waals surface area contributed by atoms with Crippen LogP contribution in [0.5, 0.6) is 0 Å². The van der Waals surface area contributed by atoms with Crippen molar-refractivity contribution in [2.75, 3.05) is 26.8 Å². The van der Waals surface area contributed by atoms with Crippen LogP contribution in [0.4, 0.5) is 0 Å². The predicted molar refractivity (Wildman–Crippen MR) is 55.5 cm³/mol. The van der Waals surface area contributed by atoms with Gasteiger partial charge in [-0.2, -0.15) is 0 Å². The molecule has 0 heterocycles. The van der Waals surface area contributed by atoms with Gasteiger partial charge in [0.05, 0.1) is 13.2 Å². The second kappa shape index (κ2) is 7.76. The van der Waals surface area contributed by atoms with E-state index in [4.69, 9.17) is 9.84 Å². The Morgan fingerprint density at radius 1 is 1.57 bits per heavy atom. The molecule has 0 fully saturated rings. The molecule has 0 aliphatic carbocycles. The van der Waals surface area contributed by atoms with Gasteiger partial charge in [0.25, 0.3) is 0 Å². The molecular formula is C10H21NO3. The van der Waals surface area contributed by atoms with E-state index in [0.717, 1.165) is 12.8 Å². The maximum absolute atomic E-state index is 10.6. The van der Waals surface area contributed by atoms with Gasteiger partial charge in [0.2, 0.25) is 0 Å². The average molecular weight is 203 g/mol. The minimum atomic E-state index is -0.774. The number of carboxylic acid groups (broad SMARTS) is 1. The third kappa shape index (κ3) is 5.94. The summed E-state index contributed by atoms with van der Waals surface area (Å²) in [5.74, 6) is -0.774. The largest absolute Gasteiger partial charge is 0.480 e. The van der Waals surface area contributed by atoms with Crippen LogP contribution < -0.4 is 0 Å². The van der Waals surface area contributed by atoms with Crippen molar-refractivity contribution in [3.8, 4) is 0 Å². The van der Waals surface area contributed by atoms with E-state index in [-0.39, 0.29) is 6.54 Å². The summed E-state index contributed by atoms with van der Waals surface area (Å²) >= 11 is 0. The lowest BCUT2D eigenvalue weighted by atomic mass is 10.1. The van der Waals surface area contributed by atoms with Gasteiger partial charge in [-0.1, -0.05) is 13.3 Å². The first kappa shape index (κ1) is 13.4. The molecule has 0 radical (unpaired) electrons. The van der Waals surface area contributed by atoms with E-state index in [1.165, 1.54) is 0 Å². The molecule has 1 atom stereocenters. The third-order valence-corrected chi connectivity index (χ3v) is 2.25. The van der Waals surface area contributed by atoms with Gasteiger partial charge < -0.3 is 9.84 Å². The highest BCUT2D eigenvalue weighted by Gasteiger charge is 2.15. The molecule has 0 saturated heterocycles. The van der Waals surface area contributed by atoms with E-state index < -0.39 is 5.97 Å². The van der Waals surface area contributed by atoms with Gasteiger partial charge in [0.1, 0.15) is 0 Å². The van der Waals surface area contributed by atoms with Crippen LogP contribution in [-0.4, -0.2) is 48.8 Å². The van der Waals surface area contributed by atoms with Crippen molar-refractivity contribution >= 4 is 5.97 Å². The number of ether oxygens (including phenoxy) is 1. The molecule has 0 spiro atoms. The quantitative estimate of drug-likeness (QED) is 0.644. The van der Waals surface area contributed by atoms with Gasteiger partial charge in [0.15, 0.2) is 0 Å². The summed E-state index contributed by atoms with van der Waals surface area (Å²) in [5.41, 5.74) is 0. The number of nitrogens with zero attached hydrogens (tertiary/aromatic N) is 1.